The molecule has 1 aliphatic heterocycles. The average molecular weight is 901 g/mol. The Bertz CT molecular complexity index is 2000. The molecule has 1 fully saturated rings. The summed E-state index contributed by atoms with van der Waals surface area (Å²) in [5.74, 6) is -2.69. The lowest BCUT2D eigenvalue weighted by atomic mass is 9.89. The van der Waals surface area contributed by atoms with Crippen LogP contribution < -0.4 is 21.3 Å². The van der Waals surface area contributed by atoms with E-state index in [4.69, 9.17) is 14.2 Å². The minimum absolute atomic E-state index is 0.0621. The molecule has 65 heavy (non-hydrogen) atoms. The minimum atomic E-state index is -1.30. The molecular formula is C49H68N6O10. The lowest BCUT2D eigenvalue weighted by Gasteiger charge is -2.40. The van der Waals surface area contributed by atoms with E-state index in [0.717, 1.165) is 16.7 Å². The summed E-state index contributed by atoms with van der Waals surface area (Å²) in [5.41, 5.74) is 3.00. The van der Waals surface area contributed by atoms with Gasteiger partial charge in [-0.1, -0.05) is 114 Å². The first kappa shape index (κ1) is 51.6. The first-order valence-electron chi connectivity index (χ1n) is 22.4. The zero-order valence-electron chi connectivity index (χ0n) is 39.0. The molecule has 3 aromatic rings. The highest BCUT2D eigenvalue weighted by atomic mass is 16.5. The molecular weight excluding hydrogens is 833 g/mol. The molecule has 1 heterocycles. The van der Waals surface area contributed by atoms with E-state index in [-0.39, 0.29) is 43.7 Å². The molecule has 0 aliphatic carbocycles. The van der Waals surface area contributed by atoms with Gasteiger partial charge in [0.1, 0.15) is 18.7 Å². The molecule has 8 atom stereocenters. The molecule has 4 rings (SSSR count). The number of nitrogens with zero attached hydrogens (tertiary/aromatic N) is 2. The van der Waals surface area contributed by atoms with Crippen LogP contribution in [0, 0.1) is 17.8 Å². The molecule has 0 saturated carbocycles. The van der Waals surface area contributed by atoms with Crippen molar-refractivity contribution in [1.29, 1.82) is 0 Å². The Morgan fingerprint density at radius 2 is 1.45 bits per heavy atom. The van der Waals surface area contributed by atoms with Crippen LogP contribution in [0.2, 0.25) is 0 Å². The normalized spacial score (nSPS) is 16.8. The number of methoxy groups -OCH3 is 2. The van der Waals surface area contributed by atoms with E-state index in [1.54, 1.807) is 57.0 Å². The second-order valence-corrected chi connectivity index (χ2v) is 17.1. The quantitative estimate of drug-likeness (QED) is 0.0752. The van der Waals surface area contributed by atoms with Crippen molar-refractivity contribution in [2.24, 2.45) is 17.8 Å². The van der Waals surface area contributed by atoms with Crippen molar-refractivity contribution in [2.45, 2.75) is 116 Å². The van der Waals surface area contributed by atoms with E-state index < -0.39 is 72.2 Å². The lowest BCUT2D eigenvalue weighted by molar-refractivity contribution is -0.147. The van der Waals surface area contributed by atoms with Gasteiger partial charge < -0.3 is 50.4 Å². The van der Waals surface area contributed by atoms with E-state index in [1.807, 2.05) is 74.5 Å². The summed E-state index contributed by atoms with van der Waals surface area (Å²) in [5, 5.41) is 20.4. The molecule has 6 amide bonds. The molecule has 0 radical (unpaired) electrons. The number of carbonyl (C=O) groups is 6. The Kier molecular flexibility index (Phi) is 20.2. The van der Waals surface area contributed by atoms with Gasteiger partial charge in [-0.05, 0) is 53.5 Å². The molecule has 3 aromatic carbocycles. The lowest BCUT2D eigenvalue weighted by Crippen LogP contribution is -2.57. The van der Waals surface area contributed by atoms with Crippen molar-refractivity contribution >= 4 is 41.5 Å². The number of ether oxygens (including phenoxy) is 3. The SMILES string of the molecule is CC[C@H](C)[C@@H]([C@@H](CC(=O)N1CCC[C@H]1[C@H](OC)[C@@H](C)C(=O)N[C@@H](Cc1ccccc1)C(=O)Nc1ccc(CNC(=O)OCc2ccccc2)cc1)OC)N(C)C(=O)[C@@H](NC(=O)O)C(C)C. The Hall–Kier alpha value is -6.00. The summed E-state index contributed by atoms with van der Waals surface area (Å²) in [7, 11) is 4.62. The fourth-order valence-electron chi connectivity index (χ4n) is 8.42. The molecule has 1 aliphatic rings. The molecule has 0 aromatic heterocycles. The third kappa shape index (κ3) is 15.0. The Balaban J connectivity index is 1.43. The zero-order valence-corrected chi connectivity index (χ0v) is 39.0. The topological polar surface area (TPSA) is 205 Å². The number of rotatable bonds is 23. The Morgan fingerprint density at radius 3 is 2.02 bits per heavy atom. The maximum Gasteiger partial charge on any atom is 0.407 e. The second kappa shape index (κ2) is 25.5. The molecule has 354 valence electrons. The number of amides is 6. The first-order chi connectivity index (χ1) is 31.1. The minimum Gasteiger partial charge on any atom is -0.465 e. The molecule has 16 heteroatoms. The van der Waals surface area contributed by atoms with Gasteiger partial charge in [0.25, 0.3) is 0 Å². The number of carboxylic acid groups (broad SMARTS) is 1. The van der Waals surface area contributed by atoms with Gasteiger partial charge in [0.15, 0.2) is 0 Å². The highest BCUT2D eigenvalue weighted by Crippen LogP contribution is 2.30. The number of alkyl carbamates (subject to hydrolysis) is 1. The van der Waals surface area contributed by atoms with Gasteiger partial charge in [0, 0.05) is 46.5 Å². The number of likely N-dealkylation sites (N-methyl/N-ethyl adjacent to an activating group) is 1. The van der Waals surface area contributed by atoms with Gasteiger partial charge in [0.05, 0.1) is 36.6 Å². The average Bonchev–Trinajstić information content (AvgIpc) is 3.79. The summed E-state index contributed by atoms with van der Waals surface area (Å²) < 4.78 is 17.2. The Morgan fingerprint density at radius 1 is 0.815 bits per heavy atom. The van der Waals surface area contributed by atoms with E-state index in [2.05, 4.69) is 21.3 Å². The van der Waals surface area contributed by atoms with Gasteiger partial charge in [-0.15, -0.1) is 0 Å². The van der Waals surface area contributed by atoms with Crippen LogP contribution >= 0.6 is 0 Å². The first-order valence-corrected chi connectivity index (χ1v) is 22.4. The second-order valence-electron chi connectivity index (χ2n) is 17.1. The number of likely N-dealkylation sites (tertiary alicyclic amines) is 1. The number of hydrogen-bond acceptors (Lipinski definition) is 9. The highest BCUT2D eigenvalue weighted by molar-refractivity contribution is 5.97. The molecule has 0 spiro atoms. The number of carbonyl (C=O) groups excluding carboxylic acids is 5. The summed E-state index contributed by atoms with van der Waals surface area (Å²) in [6.07, 6.45) is -1.22. The third-order valence-corrected chi connectivity index (χ3v) is 12.3. The number of benzene rings is 3. The van der Waals surface area contributed by atoms with Crippen LogP contribution in [0.3, 0.4) is 0 Å². The van der Waals surface area contributed by atoms with Gasteiger partial charge in [-0.2, -0.15) is 0 Å². The van der Waals surface area contributed by atoms with Crippen molar-refractivity contribution in [3.63, 3.8) is 0 Å². The van der Waals surface area contributed by atoms with Crippen molar-refractivity contribution in [3.8, 4) is 0 Å². The van der Waals surface area contributed by atoms with E-state index in [0.29, 0.717) is 31.5 Å². The molecule has 5 N–H and O–H groups in total. The molecule has 0 unspecified atom stereocenters. The van der Waals surface area contributed by atoms with Crippen molar-refractivity contribution < 1.29 is 48.1 Å². The number of hydrogen-bond donors (Lipinski definition) is 5. The molecule has 16 nitrogen and oxygen atoms in total. The number of anilines is 1. The van der Waals surface area contributed by atoms with Gasteiger partial charge in [-0.25, -0.2) is 9.59 Å². The van der Waals surface area contributed by atoms with E-state index in [1.165, 1.54) is 19.1 Å². The largest absolute Gasteiger partial charge is 0.465 e. The van der Waals surface area contributed by atoms with Crippen LogP contribution in [0.5, 0.6) is 0 Å². The summed E-state index contributed by atoms with van der Waals surface area (Å²) >= 11 is 0. The van der Waals surface area contributed by atoms with E-state index >= 15 is 0 Å². The van der Waals surface area contributed by atoms with Crippen LogP contribution in [0.1, 0.15) is 77.0 Å². The van der Waals surface area contributed by atoms with Crippen LogP contribution in [0.25, 0.3) is 0 Å². The van der Waals surface area contributed by atoms with Crippen LogP contribution in [0.15, 0.2) is 84.9 Å². The van der Waals surface area contributed by atoms with Crippen molar-refractivity contribution in [1.82, 2.24) is 25.8 Å². The standard InChI is InChI=1S/C49H68N6O10/c1-9-32(4)43(54(6)47(59)42(31(2)3)53-48(60)61)40(63-7)28-41(56)55-26-16-21-39(55)44(64-8)33(5)45(57)52-38(27-34-17-12-10-13-18-34)46(58)51-37-24-22-35(23-25-37)29-50-49(62)65-30-36-19-14-11-15-20-36/h10-15,17-20,22-25,31-33,38-40,42-44,53H,9,16,21,26-30H2,1-8H3,(H,50,62)(H,51,58)(H,52,57)(H,60,61)/t32-,33+,38-,39-,40+,42-,43-,44+/m0/s1. The van der Waals surface area contributed by atoms with E-state index in [9.17, 15) is 33.9 Å². The maximum atomic E-state index is 14.3. The summed E-state index contributed by atoms with van der Waals surface area (Å²) in [4.78, 5) is 83.1. The van der Waals surface area contributed by atoms with Gasteiger partial charge >= 0.3 is 12.2 Å². The predicted molar refractivity (Wildman–Crippen MR) is 247 cm³/mol. The maximum absolute atomic E-state index is 14.3. The zero-order chi connectivity index (χ0) is 47.6. The fraction of sp³-hybridized carbons (Fsp3) is 0.510. The van der Waals surface area contributed by atoms with Crippen molar-refractivity contribution in [2.75, 3.05) is 33.1 Å². The fourth-order valence-corrected chi connectivity index (χ4v) is 8.42. The monoisotopic (exact) mass is 900 g/mol. The number of nitrogens with one attached hydrogen (secondary N) is 4. The smallest absolute Gasteiger partial charge is 0.407 e. The van der Waals surface area contributed by atoms with Crippen LogP contribution in [0.4, 0.5) is 15.3 Å². The van der Waals surface area contributed by atoms with Gasteiger partial charge in [-0.3, -0.25) is 19.2 Å². The van der Waals surface area contributed by atoms with Gasteiger partial charge in [0.2, 0.25) is 23.6 Å². The van der Waals surface area contributed by atoms with Crippen LogP contribution in [-0.4, -0.2) is 115 Å². The highest BCUT2D eigenvalue weighted by Gasteiger charge is 2.43. The Labute approximate surface area is 383 Å². The molecule has 1 saturated heterocycles. The summed E-state index contributed by atoms with van der Waals surface area (Å²) in [6, 6.07) is 22.7. The van der Waals surface area contributed by atoms with Crippen LogP contribution in [-0.2, 0) is 53.0 Å². The van der Waals surface area contributed by atoms with Crippen molar-refractivity contribution in [3.05, 3.63) is 102 Å². The summed E-state index contributed by atoms with van der Waals surface area (Å²) in [6.45, 7) is 9.99. The predicted octanol–water partition coefficient (Wildman–Crippen LogP) is 5.99. The molecule has 0 bridgehead atoms. The third-order valence-electron chi connectivity index (χ3n) is 12.3.